The number of hydrogen-bond acceptors (Lipinski definition) is 5. The van der Waals surface area contributed by atoms with E-state index in [2.05, 4.69) is 46.0 Å². The zero-order chi connectivity index (χ0) is 18.6. The van der Waals surface area contributed by atoms with Crippen molar-refractivity contribution in [2.45, 2.75) is 26.4 Å². The van der Waals surface area contributed by atoms with Crippen LogP contribution in [0.4, 0.5) is 5.69 Å². The molecule has 1 aromatic carbocycles. The van der Waals surface area contributed by atoms with Gasteiger partial charge in [-0.05, 0) is 43.5 Å². The molecule has 2 aliphatic rings. The number of fused-ring (bicyclic) bond motifs is 1. The van der Waals surface area contributed by atoms with Gasteiger partial charge in [-0.3, -0.25) is 9.88 Å². The molecule has 2 aromatic rings. The summed E-state index contributed by atoms with van der Waals surface area (Å²) in [6.07, 6.45) is 3.11. The Balaban J connectivity index is 1.27. The second-order valence-electron chi connectivity index (χ2n) is 7.51. The van der Waals surface area contributed by atoms with Gasteiger partial charge in [0, 0.05) is 44.6 Å². The third-order valence-electron chi connectivity index (χ3n) is 5.59. The molecule has 144 valence electrons. The Labute approximate surface area is 161 Å². The molecule has 27 heavy (non-hydrogen) atoms. The molecule has 1 fully saturated rings. The molecule has 0 spiro atoms. The number of ether oxygens (including phenoxy) is 2. The van der Waals surface area contributed by atoms with Crippen molar-refractivity contribution >= 4 is 5.69 Å². The number of anilines is 1. The van der Waals surface area contributed by atoms with Gasteiger partial charge in [0.1, 0.15) is 18.5 Å². The molecule has 0 N–H and O–H groups in total. The fourth-order valence-electron chi connectivity index (χ4n) is 4.06. The molecule has 0 radical (unpaired) electrons. The predicted octanol–water partition coefficient (Wildman–Crippen LogP) is 2.84. The number of rotatable bonds is 6. The number of hydrogen-bond donors (Lipinski definition) is 0. The molecular formula is C22H29N3O2. The van der Waals surface area contributed by atoms with Crippen LogP contribution in [-0.4, -0.2) is 61.9 Å². The number of benzene rings is 1. The first kappa shape index (κ1) is 18.3. The number of pyridine rings is 1. The Kier molecular flexibility index (Phi) is 5.60. The molecule has 4 rings (SSSR count). The number of morpholine rings is 1. The van der Waals surface area contributed by atoms with Gasteiger partial charge in [0.2, 0.25) is 0 Å². The van der Waals surface area contributed by atoms with Crippen LogP contribution < -0.4 is 9.64 Å². The molecular weight excluding hydrogens is 338 g/mol. The van der Waals surface area contributed by atoms with E-state index in [9.17, 15) is 0 Å². The van der Waals surface area contributed by atoms with E-state index in [0.29, 0.717) is 6.61 Å². The first-order valence-corrected chi connectivity index (χ1v) is 9.92. The van der Waals surface area contributed by atoms with E-state index in [1.165, 1.54) is 17.7 Å². The summed E-state index contributed by atoms with van der Waals surface area (Å²) in [6.45, 7) is 10.6. The van der Waals surface area contributed by atoms with Crippen LogP contribution in [0.1, 0.15) is 16.8 Å². The Morgan fingerprint density at radius 3 is 2.93 bits per heavy atom. The van der Waals surface area contributed by atoms with Gasteiger partial charge in [0.25, 0.3) is 0 Å². The van der Waals surface area contributed by atoms with Gasteiger partial charge in [-0.2, -0.15) is 0 Å². The van der Waals surface area contributed by atoms with E-state index < -0.39 is 0 Å². The smallest absolute Gasteiger partial charge is 0.143 e. The van der Waals surface area contributed by atoms with Gasteiger partial charge in [-0.25, -0.2) is 0 Å². The summed E-state index contributed by atoms with van der Waals surface area (Å²) in [7, 11) is 0. The average Bonchev–Trinajstić information content (AvgIpc) is 3.10. The fraction of sp³-hybridized carbons (Fsp3) is 0.500. The monoisotopic (exact) mass is 367 g/mol. The van der Waals surface area contributed by atoms with Crippen LogP contribution in [0.25, 0.3) is 0 Å². The van der Waals surface area contributed by atoms with Crippen LogP contribution in [0.5, 0.6) is 5.75 Å². The summed E-state index contributed by atoms with van der Waals surface area (Å²) in [5.74, 6) is 0.895. The van der Waals surface area contributed by atoms with Crippen molar-refractivity contribution in [2.75, 3.05) is 50.8 Å². The van der Waals surface area contributed by atoms with Crippen molar-refractivity contribution in [3.05, 3.63) is 53.3 Å². The Morgan fingerprint density at radius 2 is 2.04 bits per heavy atom. The minimum Gasteiger partial charge on any atom is -0.489 e. The van der Waals surface area contributed by atoms with E-state index >= 15 is 0 Å². The number of aromatic nitrogens is 1. The zero-order valence-electron chi connectivity index (χ0n) is 16.4. The van der Waals surface area contributed by atoms with Crippen LogP contribution in [-0.2, 0) is 11.2 Å². The molecule has 1 saturated heterocycles. The fourth-order valence-corrected chi connectivity index (χ4v) is 4.06. The maximum atomic E-state index is 6.06. The highest BCUT2D eigenvalue weighted by Gasteiger charge is 2.23. The van der Waals surface area contributed by atoms with Crippen molar-refractivity contribution < 1.29 is 9.47 Å². The SMILES string of the molecule is Cc1ccnc(C)c1OC[C@H]1CN(CCN2CCc3ccccc32)CCO1. The summed E-state index contributed by atoms with van der Waals surface area (Å²) in [5, 5.41) is 0. The molecule has 0 aliphatic carbocycles. The molecule has 5 nitrogen and oxygen atoms in total. The summed E-state index contributed by atoms with van der Waals surface area (Å²) in [6, 6.07) is 10.8. The second-order valence-corrected chi connectivity index (χ2v) is 7.51. The Morgan fingerprint density at radius 1 is 1.15 bits per heavy atom. The third-order valence-corrected chi connectivity index (χ3v) is 5.59. The molecule has 0 saturated carbocycles. The first-order valence-electron chi connectivity index (χ1n) is 9.92. The van der Waals surface area contributed by atoms with E-state index in [-0.39, 0.29) is 6.10 Å². The van der Waals surface area contributed by atoms with Crippen LogP contribution in [0, 0.1) is 13.8 Å². The van der Waals surface area contributed by atoms with Crippen molar-refractivity contribution in [3.63, 3.8) is 0 Å². The molecule has 2 aliphatic heterocycles. The lowest BCUT2D eigenvalue weighted by Crippen LogP contribution is -2.47. The minimum atomic E-state index is 0.114. The van der Waals surface area contributed by atoms with Crippen molar-refractivity contribution in [1.82, 2.24) is 9.88 Å². The van der Waals surface area contributed by atoms with Gasteiger partial charge in [-0.1, -0.05) is 18.2 Å². The highest BCUT2D eigenvalue weighted by molar-refractivity contribution is 5.57. The number of nitrogens with zero attached hydrogens (tertiary/aromatic N) is 3. The number of aryl methyl sites for hydroxylation is 2. The summed E-state index contributed by atoms with van der Waals surface area (Å²) in [5.41, 5.74) is 4.96. The Hall–Kier alpha value is -2.11. The molecule has 0 bridgehead atoms. The lowest BCUT2D eigenvalue weighted by Gasteiger charge is -2.34. The Bertz CT molecular complexity index is 760. The average molecular weight is 367 g/mol. The standard InChI is InChI=1S/C22H29N3O2/c1-17-7-9-23-18(2)22(17)27-16-20-15-24(13-14-26-20)11-12-25-10-8-19-5-3-4-6-21(19)25/h3-7,9,20H,8,10-16H2,1-2H3/t20-/m1/s1. The summed E-state index contributed by atoms with van der Waals surface area (Å²) in [4.78, 5) is 9.34. The molecule has 1 aromatic heterocycles. The van der Waals surface area contributed by atoms with Crippen LogP contribution in [0.2, 0.25) is 0 Å². The first-order chi connectivity index (χ1) is 13.2. The largest absolute Gasteiger partial charge is 0.489 e. The molecule has 1 atom stereocenters. The zero-order valence-corrected chi connectivity index (χ0v) is 16.4. The van der Waals surface area contributed by atoms with Crippen LogP contribution >= 0.6 is 0 Å². The second kappa shape index (κ2) is 8.28. The van der Waals surface area contributed by atoms with Gasteiger partial charge in [0.15, 0.2) is 0 Å². The lowest BCUT2D eigenvalue weighted by atomic mass is 10.2. The predicted molar refractivity (Wildman–Crippen MR) is 108 cm³/mol. The van der Waals surface area contributed by atoms with E-state index in [0.717, 1.165) is 56.3 Å². The van der Waals surface area contributed by atoms with E-state index in [4.69, 9.17) is 9.47 Å². The van der Waals surface area contributed by atoms with Crippen molar-refractivity contribution in [3.8, 4) is 5.75 Å². The van der Waals surface area contributed by atoms with Gasteiger partial charge >= 0.3 is 0 Å². The maximum Gasteiger partial charge on any atom is 0.143 e. The van der Waals surface area contributed by atoms with Crippen molar-refractivity contribution in [1.29, 1.82) is 0 Å². The van der Waals surface area contributed by atoms with Gasteiger partial charge < -0.3 is 14.4 Å². The quantitative estimate of drug-likeness (QED) is 0.785. The minimum absolute atomic E-state index is 0.114. The summed E-state index contributed by atoms with van der Waals surface area (Å²) >= 11 is 0. The van der Waals surface area contributed by atoms with Crippen LogP contribution in [0.3, 0.4) is 0 Å². The van der Waals surface area contributed by atoms with Gasteiger partial charge in [0.05, 0.1) is 12.3 Å². The maximum absolute atomic E-state index is 6.06. The summed E-state index contributed by atoms with van der Waals surface area (Å²) < 4.78 is 12.0. The molecule has 0 amide bonds. The number of para-hydroxylation sites is 1. The topological polar surface area (TPSA) is 37.8 Å². The molecule has 3 heterocycles. The van der Waals surface area contributed by atoms with E-state index in [1.54, 1.807) is 0 Å². The normalized spacial score (nSPS) is 19.9. The highest BCUT2D eigenvalue weighted by atomic mass is 16.5. The van der Waals surface area contributed by atoms with E-state index in [1.807, 2.05) is 19.2 Å². The molecule has 5 heteroatoms. The van der Waals surface area contributed by atoms with Crippen LogP contribution in [0.15, 0.2) is 36.5 Å². The lowest BCUT2D eigenvalue weighted by molar-refractivity contribution is -0.0472. The van der Waals surface area contributed by atoms with Gasteiger partial charge in [-0.15, -0.1) is 0 Å². The highest BCUT2D eigenvalue weighted by Crippen LogP contribution is 2.27. The third kappa shape index (κ3) is 4.25. The van der Waals surface area contributed by atoms with Crippen molar-refractivity contribution in [2.24, 2.45) is 0 Å². The molecule has 0 unspecified atom stereocenters.